The summed E-state index contributed by atoms with van der Waals surface area (Å²) in [5.41, 5.74) is 4.24. The molecule has 2 aromatic carbocycles. The fourth-order valence-electron chi connectivity index (χ4n) is 5.67. The van der Waals surface area contributed by atoms with Crippen LogP contribution in [0.25, 0.3) is 26.9 Å². The number of amides is 1. The first kappa shape index (κ1) is 30.9. The number of aromatic nitrogens is 1. The molecule has 1 saturated carbocycles. The molecular formula is C33H35ClF2N4O2S. The zero-order valence-corrected chi connectivity index (χ0v) is 26.3. The minimum Gasteiger partial charge on any atom is -0.496 e. The first-order valence-electron chi connectivity index (χ1n) is 14.2. The van der Waals surface area contributed by atoms with E-state index in [9.17, 15) is 13.6 Å². The lowest BCUT2D eigenvalue weighted by molar-refractivity contribution is 0.0604. The number of hydrogen-bond acceptors (Lipinski definition) is 6. The van der Waals surface area contributed by atoms with Crippen molar-refractivity contribution in [3.05, 3.63) is 88.0 Å². The third-order valence-corrected chi connectivity index (χ3v) is 9.91. The molecule has 0 saturated heterocycles. The molecule has 2 aromatic heterocycles. The molecule has 10 heteroatoms. The van der Waals surface area contributed by atoms with Crippen molar-refractivity contribution in [3.63, 3.8) is 0 Å². The van der Waals surface area contributed by atoms with Crippen LogP contribution < -0.4 is 10.1 Å². The molecule has 1 aliphatic rings. The second-order valence-corrected chi connectivity index (χ2v) is 12.4. The fourth-order valence-corrected chi connectivity index (χ4v) is 7.18. The van der Waals surface area contributed by atoms with Crippen LogP contribution in [0.15, 0.2) is 55.2 Å². The van der Waals surface area contributed by atoms with Crippen LogP contribution >= 0.6 is 22.9 Å². The second-order valence-electron chi connectivity index (χ2n) is 11.0. The highest BCUT2D eigenvalue weighted by Gasteiger charge is 2.33. The van der Waals surface area contributed by atoms with Gasteiger partial charge in [-0.2, -0.15) is 0 Å². The molecule has 0 aliphatic heterocycles. The molecule has 4 aromatic rings. The Hall–Kier alpha value is -3.53. The topological polar surface area (TPSA) is 57.7 Å². The minimum absolute atomic E-state index is 0.0413. The molecule has 1 amide bonds. The van der Waals surface area contributed by atoms with Gasteiger partial charge in [0.2, 0.25) is 0 Å². The van der Waals surface area contributed by atoms with Crippen LogP contribution in [0.3, 0.4) is 0 Å². The quantitative estimate of drug-likeness (QED) is 0.208. The van der Waals surface area contributed by atoms with Gasteiger partial charge < -0.3 is 19.9 Å². The number of hydrogen-bond donors (Lipinski definition) is 1. The lowest BCUT2D eigenvalue weighted by Crippen LogP contribution is -2.44. The van der Waals surface area contributed by atoms with Gasteiger partial charge >= 0.3 is 0 Å². The van der Waals surface area contributed by atoms with Gasteiger partial charge in [-0.1, -0.05) is 24.2 Å². The van der Waals surface area contributed by atoms with E-state index in [2.05, 4.69) is 16.9 Å². The Morgan fingerprint density at radius 3 is 2.44 bits per heavy atom. The highest BCUT2D eigenvalue weighted by Crippen LogP contribution is 2.40. The molecule has 0 radical (unpaired) electrons. The summed E-state index contributed by atoms with van der Waals surface area (Å²) in [6.07, 6.45) is 5.12. The summed E-state index contributed by atoms with van der Waals surface area (Å²) in [5.74, 6) is -0.969. The van der Waals surface area contributed by atoms with Crippen LogP contribution in [0.1, 0.15) is 46.6 Å². The molecule has 0 bridgehead atoms. The summed E-state index contributed by atoms with van der Waals surface area (Å²) in [6, 6.07) is 12.2. The van der Waals surface area contributed by atoms with Crippen LogP contribution in [-0.4, -0.2) is 61.0 Å². The average molecular weight is 625 g/mol. The van der Waals surface area contributed by atoms with E-state index in [4.69, 9.17) is 16.3 Å². The van der Waals surface area contributed by atoms with Crippen molar-refractivity contribution in [2.45, 2.75) is 44.3 Å². The van der Waals surface area contributed by atoms with Crippen LogP contribution in [0.4, 0.5) is 8.78 Å². The highest BCUT2D eigenvalue weighted by molar-refractivity contribution is 7.21. The normalized spacial score (nSPS) is 16.7. The third-order valence-electron chi connectivity index (χ3n) is 8.23. The van der Waals surface area contributed by atoms with Gasteiger partial charge in [0.05, 0.1) is 33.6 Å². The largest absolute Gasteiger partial charge is 0.496 e. The van der Waals surface area contributed by atoms with Gasteiger partial charge in [-0.3, -0.25) is 9.78 Å². The number of ether oxygens (including phenoxy) is 1. The molecule has 0 spiro atoms. The second kappa shape index (κ2) is 13.0. The molecule has 5 rings (SSSR count). The standard InChI is InChI=1S/C33H35ClF2N4O2S/c1-19(39(3)4)27-17-21(14-15-38-27)20-6-13-28(42-5)22(16-20)18-40(24-9-7-23(37-2)8-10-24)33(41)32-30(34)29-25(35)11-12-26(36)31(29)43-32/h6,11-17,23-24,37H,1,7-10,18H2,2-5H3. The van der Waals surface area contributed by atoms with Gasteiger partial charge in [0.15, 0.2) is 0 Å². The maximum Gasteiger partial charge on any atom is 0.266 e. The number of nitrogens with one attached hydrogen (secondary N) is 1. The van der Waals surface area contributed by atoms with Crippen molar-refractivity contribution in [2.75, 3.05) is 28.3 Å². The van der Waals surface area contributed by atoms with E-state index in [1.54, 1.807) is 18.2 Å². The number of fused-ring (bicyclic) bond motifs is 1. The molecule has 1 aliphatic carbocycles. The molecule has 1 fully saturated rings. The average Bonchev–Trinajstić information content (AvgIpc) is 3.39. The predicted octanol–water partition coefficient (Wildman–Crippen LogP) is 7.61. The molecule has 0 unspecified atom stereocenters. The van der Waals surface area contributed by atoms with E-state index >= 15 is 0 Å². The summed E-state index contributed by atoms with van der Waals surface area (Å²) >= 11 is 7.49. The zero-order chi connectivity index (χ0) is 30.8. The van der Waals surface area contributed by atoms with Crippen LogP contribution in [0.2, 0.25) is 5.02 Å². The number of carbonyl (C=O) groups is 1. The molecule has 2 heterocycles. The Labute approximate surface area is 259 Å². The number of nitrogens with zero attached hydrogens (tertiary/aromatic N) is 3. The maximum atomic E-state index is 14.7. The Morgan fingerprint density at radius 2 is 1.79 bits per heavy atom. The maximum absolute atomic E-state index is 14.7. The first-order chi connectivity index (χ1) is 20.6. The van der Waals surface area contributed by atoms with E-state index in [0.29, 0.717) is 11.8 Å². The minimum atomic E-state index is -0.652. The molecule has 226 valence electrons. The SMILES string of the molecule is C=C(c1cc(-c2ccc(OC)c(CN(C(=O)c3sc4c(F)ccc(F)c4c3Cl)C3CCC(NC)CC3)c2)ccn1)N(C)C. The van der Waals surface area contributed by atoms with E-state index < -0.39 is 11.6 Å². The number of benzene rings is 2. The Balaban J connectivity index is 1.55. The Bertz CT molecular complexity index is 1670. The van der Waals surface area contributed by atoms with Gasteiger partial charge in [0.25, 0.3) is 5.91 Å². The molecule has 6 nitrogen and oxygen atoms in total. The van der Waals surface area contributed by atoms with E-state index in [0.717, 1.165) is 77.2 Å². The lowest BCUT2D eigenvalue weighted by Gasteiger charge is -2.37. The van der Waals surface area contributed by atoms with Crippen molar-refractivity contribution in [2.24, 2.45) is 0 Å². The monoisotopic (exact) mass is 624 g/mol. The number of methoxy groups -OCH3 is 1. The van der Waals surface area contributed by atoms with Gasteiger partial charge in [0, 0.05) is 44.5 Å². The number of pyridine rings is 1. The van der Waals surface area contributed by atoms with E-state index in [1.165, 1.54) is 0 Å². The van der Waals surface area contributed by atoms with Gasteiger partial charge in [-0.05, 0) is 80.3 Å². The van der Waals surface area contributed by atoms with Crippen LogP contribution in [0.5, 0.6) is 5.75 Å². The highest BCUT2D eigenvalue weighted by atomic mass is 35.5. The van der Waals surface area contributed by atoms with Crippen molar-refractivity contribution in [3.8, 4) is 16.9 Å². The lowest BCUT2D eigenvalue weighted by atomic mass is 9.89. The summed E-state index contributed by atoms with van der Waals surface area (Å²) < 4.78 is 35.1. The third kappa shape index (κ3) is 6.25. The predicted molar refractivity (Wildman–Crippen MR) is 171 cm³/mol. The first-order valence-corrected chi connectivity index (χ1v) is 15.4. The number of rotatable bonds is 9. The Morgan fingerprint density at radius 1 is 1.09 bits per heavy atom. The fraction of sp³-hybridized carbons (Fsp3) is 0.333. The molecule has 43 heavy (non-hydrogen) atoms. The van der Waals surface area contributed by atoms with Gasteiger partial charge in [0.1, 0.15) is 22.3 Å². The number of halogens is 3. The van der Waals surface area contributed by atoms with Gasteiger partial charge in [-0.25, -0.2) is 8.78 Å². The summed E-state index contributed by atoms with van der Waals surface area (Å²) in [5, 5.41) is 3.23. The Kier molecular flexibility index (Phi) is 9.34. The van der Waals surface area contributed by atoms with Crippen molar-refractivity contribution >= 4 is 44.6 Å². The summed E-state index contributed by atoms with van der Waals surface area (Å²) in [4.78, 5) is 22.6. The van der Waals surface area contributed by atoms with E-state index in [1.807, 2.05) is 56.4 Å². The van der Waals surface area contributed by atoms with Crippen molar-refractivity contribution in [1.29, 1.82) is 0 Å². The molecule has 0 atom stereocenters. The van der Waals surface area contributed by atoms with Gasteiger partial charge in [-0.15, -0.1) is 11.3 Å². The zero-order valence-electron chi connectivity index (χ0n) is 24.7. The van der Waals surface area contributed by atoms with Crippen LogP contribution in [0, 0.1) is 11.6 Å². The summed E-state index contributed by atoms with van der Waals surface area (Å²) in [6.45, 7) is 4.37. The van der Waals surface area contributed by atoms with Crippen molar-refractivity contribution in [1.82, 2.24) is 20.1 Å². The summed E-state index contributed by atoms with van der Waals surface area (Å²) in [7, 11) is 7.39. The van der Waals surface area contributed by atoms with Crippen molar-refractivity contribution < 1.29 is 18.3 Å². The smallest absolute Gasteiger partial charge is 0.266 e. The number of carbonyl (C=O) groups excluding carboxylic acids is 1. The molecular weight excluding hydrogens is 590 g/mol. The number of thiophene rings is 1. The van der Waals surface area contributed by atoms with E-state index in [-0.39, 0.29) is 38.5 Å². The molecule has 1 N–H and O–H groups in total. The van der Waals surface area contributed by atoms with Crippen LogP contribution in [-0.2, 0) is 6.54 Å².